The summed E-state index contributed by atoms with van der Waals surface area (Å²) < 4.78 is 16.7. The zero-order chi connectivity index (χ0) is 18.4. The fourth-order valence-electron chi connectivity index (χ4n) is 3.50. The molecule has 3 heterocycles. The van der Waals surface area contributed by atoms with E-state index in [1.165, 1.54) is 12.1 Å². The van der Waals surface area contributed by atoms with Gasteiger partial charge in [-0.05, 0) is 38.5 Å². The molecule has 6 nitrogen and oxygen atoms in total. The molecule has 0 radical (unpaired) electrons. The predicted octanol–water partition coefficient (Wildman–Crippen LogP) is 2.72. The minimum absolute atomic E-state index is 0.0230. The Bertz CT molecular complexity index is 1010. The first-order valence-electron chi connectivity index (χ1n) is 8.89. The number of halogens is 1. The second kappa shape index (κ2) is 6.32. The van der Waals surface area contributed by atoms with Crippen molar-refractivity contribution in [2.24, 2.45) is 0 Å². The topological polar surface area (TPSA) is 56.0 Å². The predicted molar refractivity (Wildman–Crippen MR) is 97.3 cm³/mol. The van der Waals surface area contributed by atoms with Crippen LogP contribution in [0.15, 0.2) is 35.3 Å². The van der Waals surface area contributed by atoms with Gasteiger partial charge in [0.05, 0.1) is 12.7 Å². The molecule has 2 aromatic heterocycles. The smallest absolute Gasteiger partial charge is 0.264 e. The first-order valence-corrected chi connectivity index (χ1v) is 8.89. The van der Waals surface area contributed by atoms with Crippen molar-refractivity contribution < 1.29 is 4.39 Å². The number of nitrogens with zero attached hydrogens (tertiary/aromatic N) is 5. The van der Waals surface area contributed by atoms with Crippen LogP contribution in [0.5, 0.6) is 0 Å². The summed E-state index contributed by atoms with van der Waals surface area (Å²) in [5.74, 6) is 0.522. The zero-order valence-electron chi connectivity index (χ0n) is 15.2. The Morgan fingerprint density at radius 3 is 2.69 bits per heavy atom. The lowest BCUT2D eigenvalue weighted by Gasteiger charge is -2.35. The summed E-state index contributed by atoms with van der Waals surface area (Å²) >= 11 is 0. The van der Waals surface area contributed by atoms with E-state index in [0.717, 1.165) is 11.4 Å². The standard InChI is InChI=1S/C19H22FN5O/c1-12(2)25-18-16(8-21-25)19(26)24-9-13(3)23(11-17(24)22-18)10-14-4-6-15(20)7-5-14/h4-8,12-13H,9-11H2,1-3H3. The maximum absolute atomic E-state index is 13.1. The van der Waals surface area contributed by atoms with E-state index >= 15 is 0 Å². The molecule has 0 spiro atoms. The number of benzene rings is 1. The summed E-state index contributed by atoms with van der Waals surface area (Å²) in [6, 6.07) is 6.88. The van der Waals surface area contributed by atoms with E-state index in [1.807, 2.05) is 13.8 Å². The van der Waals surface area contributed by atoms with Crippen molar-refractivity contribution in [1.82, 2.24) is 24.2 Å². The van der Waals surface area contributed by atoms with Crippen LogP contribution < -0.4 is 5.56 Å². The third-order valence-corrected chi connectivity index (χ3v) is 4.99. The third-order valence-electron chi connectivity index (χ3n) is 4.99. The molecular weight excluding hydrogens is 333 g/mol. The van der Waals surface area contributed by atoms with Crippen LogP contribution in [0, 0.1) is 5.82 Å². The average Bonchev–Trinajstić information content (AvgIpc) is 3.03. The Labute approximate surface area is 150 Å². The highest BCUT2D eigenvalue weighted by Crippen LogP contribution is 2.21. The molecule has 7 heteroatoms. The van der Waals surface area contributed by atoms with Crippen LogP contribution in [0.1, 0.15) is 38.2 Å². The lowest BCUT2D eigenvalue weighted by molar-refractivity contribution is 0.137. The molecule has 1 unspecified atom stereocenters. The Balaban J connectivity index is 1.71. The molecule has 0 saturated carbocycles. The van der Waals surface area contributed by atoms with E-state index in [0.29, 0.717) is 30.7 Å². The van der Waals surface area contributed by atoms with Gasteiger partial charge >= 0.3 is 0 Å². The van der Waals surface area contributed by atoms with Gasteiger partial charge in [-0.1, -0.05) is 12.1 Å². The molecule has 1 atom stereocenters. The maximum atomic E-state index is 13.1. The van der Waals surface area contributed by atoms with E-state index in [9.17, 15) is 9.18 Å². The van der Waals surface area contributed by atoms with Crippen molar-refractivity contribution in [3.63, 3.8) is 0 Å². The van der Waals surface area contributed by atoms with Gasteiger partial charge in [0, 0.05) is 25.2 Å². The Kier molecular flexibility index (Phi) is 4.11. The zero-order valence-corrected chi connectivity index (χ0v) is 15.2. The van der Waals surface area contributed by atoms with Gasteiger partial charge in [-0.25, -0.2) is 14.1 Å². The summed E-state index contributed by atoms with van der Waals surface area (Å²) in [6.45, 7) is 8.00. The van der Waals surface area contributed by atoms with Crippen molar-refractivity contribution in [1.29, 1.82) is 0 Å². The Hall–Kier alpha value is -2.54. The summed E-state index contributed by atoms with van der Waals surface area (Å²) in [7, 11) is 0. The molecule has 0 fully saturated rings. The molecule has 1 aliphatic rings. The molecule has 0 aliphatic carbocycles. The first-order chi connectivity index (χ1) is 12.4. The van der Waals surface area contributed by atoms with E-state index < -0.39 is 0 Å². The van der Waals surface area contributed by atoms with Gasteiger partial charge in [0.2, 0.25) is 0 Å². The molecule has 3 aromatic rings. The highest BCUT2D eigenvalue weighted by atomic mass is 19.1. The van der Waals surface area contributed by atoms with Crippen LogP contribution in [0.4, 0.5) is 4.39 Å². The van der Waals surface area contributed by atoms with Crippen LogP contribution >= 0.6 is 0 Å². The average molecular weight is 355 g/mol. The van der Waals surface area contributed by atoms with Gasteiger partial charge in [0.25, 0.3) is 5.56 Å². The minimum atomic E-state index is -0.233. The van der Waals surface area contributed by atoms with E-state index in [4.69, 9.17) is 4.98 Å². The van der Waals surface area contributed by atoms with Gasteiger partial charge < -0.3 is 0 Å². The molecule has 0 bridgehead atoms. The second-order valence-corrected chi connectivity index (χ2v) is 7.24. The highest BCUT2D eigenvalue weighted by Gasteiger charge is 2.26. The number of rotatable bonds is 3. The molecule has 4 rings (SSSR count). The van der Waals surface area contributed by atoms with Gasteiger partial charge in [-0.15, -0.1) is 0 Å². The fourth-order valence-corrected chi connectivity index (χ4v) is 3.50. The van der Waals surface area contributed by atoms with Crippen molar-refractivity contribution >= 4 is 11.0 Å². The molecule has 0 saturated heterocycles. The van der Waals surface area contributed by atoms with Crippen LogP contribution in [0.2, 0.25) is 0 Å². The number of hydrogen-bond donors (Lipinski definition) is 0. The lowest BCUT2D eigenvalue weighted by Crippen LogP contribution is -2.45. The second-order valence-electron chi connectivity index (χ2n) is 7.24. The summed E-state index contributed by atoms with van der Waals surface area (Å²) in [4.78, 5) is 19.9. The van der Waals surface area contributed by atoms with Crippen molar-refractivity contribution in [3.8, 4) is 0 Å². The molecule has 1 aliphatic heterocycles. The number of fused-ring (bicyclic) bond motifs is 2. The lowest BCUT2D eigenvalue weighted by atomic mass is 10.1. The van der Waals surface area contributed by atoms with E-state index in [1.54, 1.807) is 27.6 Å². The van der Waals surface area contributed by atoms with E-state index in [2.05, 4.69) is 16.9 Å². The Morgan fingerprint density at radius 1 is 1.27 bits per heavy atom. The quantitative estimate of drug-likeness (QED) is 0.725. The van der Waals surface area contributed by atoms with Crippen molar-refractivity contribution in [2.45, 2.75) is 52.5 Å². The molecule has 136 valence electrons. The van der Waals surface area contributed by atoms with Crippen LogP contribution in [-0.2, 0) is 19.6 Å². The summed E-state index contributed by atoms with van der Waals surface area (Å²) in [6.07, 6.45) is 1.62. The van der Waals surface area contributed by atoms with Crippen LogP contribution in [0.25, 0.3) is 11.0 Å². The molecule has 0 amide bonds. The first kappa shape index (κ1) is 16.9. The fraction of sp³-hybridized carbons (Fsp3) is 0.421. The molecule has 1 aromatic carbocycles. The van der Waals surface area contributed by atoms with Gasteiger partial charge in [0.1, 0.15) is 17.0 Å². The van der Waals surface area contributed by atoms with Gasteiger partial charge in [-0.2, -0.15) is 5.10 Å². The minimum Gasteiger partial charge on any atom is -0.293 e. The van der Waals surface area contributed by atoms with Gasteiger partial charge in [0.15, 0.2) is 5.65 Å². The van der Waals surface area contributed by atoms with Gasteiger partial charge in [-0.3, -0.25) is 14.3 Å². The van der Waals surface area contributed by atoms with Crippen molar-refractivity contribution in [2.75, 3.05) is 0 Å². The molecular formula is C19H22FN5O. The van der Waals surface area contributed by atoms with E-state index in [-0.39, 0.29) is 23.5 Å². The summed E-state index contributed by atoms with van der Waals surface area (Å²) in [5, 5.41) is 4.90. The maximum Gasteiger partial charge on any atom is 0.264 e. The third kappa shape index (κ3) is 2.82. The normalized spacial score (nSPS) is 17.8. The SMILES string of the molecule is CC1Cn2c(nc3c(cnn3C(C)C)c2=O)CN1Cc1ccc(F)cc1. The van der Waals surface area contributed by atoms with Crippen LogP contribution in [-0.4, -0.2) is 30.3 Å². The monoisotopic (exact) mass is 355 g/mol. The number of aromatic nitrogens is 4. The van der Waals surface area contributed by atoms with Crippen molar-refractivity contribution in [3.05, 3.63) is 58.0 Å². The summed E-state index contributed by atoms with van der Waals surface area (Å²) in [5.41, 5.74) is 1.67. The highest BCUT2D eigenvalue weighted by molar-refractivity contribution is 5.73. The van der Waals surface area contributed by atoms with Crippen LogP contribution in [0.3, 0.4) is 0 Å². The number of hydrogen-bond acceptors (Lipinski definition) is 4. The molecule has 26 heavy (non-hydrogen) atoms. The largest absolute Gasteiger partial charge is 0.293 e. The molecule has 0 N–H and O–H groups in total. The Morgan fingerprint density at radius 2 is 2.00 bits per heavy atom.